The Labute approximate surface area is 261 Å². The van der Waals surface area contributed by atoms with E-state index in [1.54, 1.807) is 59.5 Å². The van der Waals surface area contributed by atoms with Crippen LogP contribution in [0.15, 0.2) is 151 Å². The third-order valence-electron chi connectivity index (χ3n) is 8.39. The van der Waals surface area contributed by atoms with E-state index in [-0.39, 0.29) is 17.6 Å². The Hall–Kier alpha value is -5.75. The molecule has 0 aromatic heterocycles. The Bertz CT molecular complexity index is 1920. The first-order valence-corrected chi connectivity index (χ1v) is 15.0. The van der Waals surface area contributed by atoms with Crippen LogP contribution < -0.4 is 15.0 Å². The van der Waals surface area contributed by atoms with Gasteiger partial charge in [0, 0.05) is 23.3 Å². The molecule has 0 spiro atoms. The highest BCUT2D eigenvalue weighted by Crippen LogP contribution is 2.48. The van der Waals surface area contributed by atoms with Crippen LogP contribution in [0.5, 0.6) is 5.75 Å². The van der Waals surface area contributed by atoms with Crippen LogP contribution in [0.4, 0.5) is 11.4 Å². The molecule has 0 bridgehead atoms. The van der Waals surface area contributed by atoms with Crippen molar-refractivity contribution < 1.29 is 19.1 Å². The average molecular weight is 591 g/mol. The number of hydrogen-bond donors (Lipinski definition) is 1. The highest BCUT2D eigenvalue weighted by Gasteiger charge is 2.42. The largest absolute Gasteiger partial charge is 0.423 e. The lowest BCUT2D eigenvalue weighted by Crippen LogP contribution is -2.38. The number of benzene rings is 5. The van der Waals surface area contributed by atoms with E-state index in [2.05, 4.69) is 17.4 Å². The van der Waals surface area contributed by atoms with Gasteiger partial charge in [0.15, 0.2) is 5.78 Å². The molecule has 0 saturated heterocycles. The van der Waals surface area contributed by atoms with Crippen LogP contribution in [0.1, 0.15) is 56.6 Å². The van der Waals surface area contributed by atoms with Crippen LogP contribution in [0, 0.1) is 0 Å². The molecule has 2 aliphatic rings. The molecule has 1 N–H and O–H groups in total. The summed E-state index contributed by atoms with van der Waals surface area (Å²) in [7, 11) is 0. The monoisotopic (exact) mass is 590 g/mol. The van der Waals surface area contributed by atoms with E-state index in [0.717, 1.165) is 16.9 Å². The number of anilines is 2. The zero-order valence-corrected chi connectivity index (χ0v) is 24.4. The second-order valence-corrected chi connectivity index (χ2v) is 11.2. The van der Waals surface area contributed by atoms with Gasteiger partial charge in [0.1, 0.15) is 5.75 Å². The standard InChI is InChI=1S/C39H30N2O4/c42-35-25-30(26-13-4-1-5-14-26)24-33-36(35)37(29-19-12-20-31(23-29)45-39(44)28-17-8-3-9-18-28)41(34-22-11-10-21-32(34)40-33)38(43)27-15-6-2-7-16-27/h1-23,30,37,40H,24-25H2/t30-,37-/m1/s1. The van der Waals surface area contributed by atoms with Crippen molar-refractivity contribution in [2.24, 2.45) is 0 Å². The topological polar surface area (TPSA) is 75.7 Å². The molecule has 6 heteroatoms. The van der Waals surface area contributed by atoms with Gasteiger partial charge in [-0.15, -0.1) is 0 Å². The van der Waals surface area contributed by atoms with Gasteiger partial charge in [-0.05, 0) is 72.0 Å². The van der Waals surface area contributed by atoms with Crippen LogP contribution in [-0.4, -0.2) is 17.7 Å². The van der Waals surface area contributed by atoms with Crippen molar-refractivity contribution in [3.63, 3.8) is 0 Å². The number of nitrogens with zero attached hydrogens (tertiary/aromatic N) is 1. The molecule has 45 heavy (non-hydrogen) atoms. The number of allylic oxidation sites excluding steroid dienone is 1. The van der Waals surface area contributed by atoms with Gasteiger partial charge >= 0.3 is 5.97 Å². The maximum absolute atomic E-state index is 14.5. The molecule has 7 rings (SSSR count). The van der Waals surface area contributed by atoms with Crippen LogP contribution in [-0.2, 0) is 4.79 Å². The van der Waals surface area contributed by atoms with E-state index in [1.807, 2.05) is 72.8 Å². The van der Waals surface area contributed by atoms with Gasteiger partial charge in [0.05, 0.1) is 23.0 Å². The Kier molecular flexibility index (Phi) is 7.54. The van der Waals surface area contributed by atoms with Gasteiger partial charge in [-0.1, -0.05) is 91.0 Å². The zero-order chi connectivity index (χ0) is 30.8. The van der Waals surface area contributed by atoms with Crippen molar-refractivity contribution in [1.29, 1.82) is 0 Å². The molecule has 220 valence electrons. The predicted octanol–water partition coefficient (Wildman–Crippen LogP) is 8.12. The molecule has 0 radical (unpaired) electrons. The van der Waals surface area contributed by atoms with E-state index in [1.165, 1.54) is 0 Å². The quantitative estimate of drug-likeness (QED) is 0.165. The summed E-state index contributed by atoms with van der Waals surface area (Å²) in [5.41, 5.74) is 5.40. The van der Waals surface area contributed by atoms with Crippen molar-refractivity contribution in [3.05, 3.63) is 173 Å². The summed E-state index contributed by atoms with van der Waals surface area (Å²) in [6.07, 6.45) is 0.916. The number of para-hydroxylation sites is 2. The van der Waals surface area contributed by atoms with Gasteiger partial charge in [-0.2, -0.15) is 0 Å². The molecule has 0 fully saturated rings. The summed E-state index contributed by atoms with van der Waals surface area (Å²) in [5, 5.41) is 3.58. The maximum Gasteiger partial charge on any atom is 0.343 e. The fourth-order valence-corrected chi connectivity index (χ4v) is 6.30. The zero-order valence-electron chi connectivity index (χ0n) is 24.4. The lowest BCUT2D eigenvalue weighted by Gasteiger charge is -2.35. The summed E-state index contributed by atoms with van der Waals surface area (Å²) < 4.78 is 5.79. The second kappa shape index (κ2) is 12.1. The lowest BCUT2D eigenvalue weighted by atomic mass is 9.78. The number of ether oxygens (including phenoxy) is 1. The fraction of sp³-hybridized carbons (Fsp3) is 0.103. The molecule has 0 saturated carbocycles. The van der Waals surface area contributed by atoms with Crippen LogP contribution in [0.25, 0.3) is 0 Å². The van der Waals surface area contributed by atoms with Gasteiger partial charge < -0.3 is 10.1 Å². The third-order valence-corrected chi connectivity index (χ3v) is 8.39. The first-order valence-electron chi connectivity index (χ1n) is 15.0. The summed E-state index contributed by atoms with van der Waals surface area (Å²) in [6, 6.07) is 41.9. The predicted molar refractivity (Wildman–Crippen MR) is 174 cm³/mol. The van der Waals surface area contributed by atoms with E-state index in [0.29, 0.717) is 46.5 Å². The Balaban J connectivity index is 1.39. The maximum atomic E-state index is 14.5. The summed E-state index contributed by atoms with van der Waals surface area (Å²) >= 11 is 0. The van der Waals surface area contributed by atoms with Crippen molar-refractivity contribution in [2.75, 3.05) is 10.2 Å². The first-order chi connectivity index (χ1) is 22.1. The number of Topliss-reactive ketones (excluding diaryl/α,β-unsaturated/α-hetero) is 1. The van der Waals surface area contributed by atoms with Crippen molar-refractivity contribution >= 4 is 29.0 Å². The van der Waals surface area contributed by atoms with Crippen molar-refractivity contribution in [3.8, 4) is 5.75 Å². The van der Waals surface area contributed by atoms with Crippen molar-refractivity contribution in [2.45, 2.75) is 24.8 Å². The minimum Gasteiger partial charge on any atom is -0.423 e. The molecule has 1 amide bonds. The molecular weight excluding hydrogens is 560 g/mol. The number of carbonyl (C=O) groups is 3. The Morgan fingerprint density at radius 2 is 1.29 bits per heavy atom. The minimum atomic E-state index is -0.775. The second-order valence-electron chi connectivity index (χ2n) is 11.2. The number of nitrogens with one attached hydrogen (secondary N) is 1. The third kappa shape index (κ3) is 5.54. The molecule has 2 atom stereocenters. The average Bonchev–Trinajstić information content (AvgIpc) is 3.24. The Morgan fingerprint density at radius 1 is 0.667 bits per heavy atom. The molecule has 1 aliphatic heterocycles. The van der Waals surface area contributed by atoms with Gasteiger partial charge in [0.2, 0.25) is 0 Å². The highest BCUT2D eigenvalue weighted by atomic mass is 16.5. The smallest absolute Gasteiger partial charge is 0.343 e. The van der Waals surface area contributed by atoms with E-state index < -0.39 is 12.0 Å². The first kappa shape index (κ1) is 28.0. The van der Waals surface area contributed by atoms with E-state index >= 15 is 0 Å². The molecule has 1 heterocycles. The summed E-state index contributed by atoms with van der Waals surface area (Å²) in [5.74, 6) is -0.447. The molecular formula is C39H30N2O4. The highest BCUT2D eigenvalue weighted by molar-refractivity contribution is 6.12. The Morgan fingerprint density at radius 3 is 2.02 bits per heavy atom. The summed E-state index contributed by atoms with van der Waals surface area (Å²) in [6.45, 7) is 0. The number of carbonyl (C=O) groups excluding carboxylic acids is 3. The molecule has 1 aliphatic carbocycles. The molecule has 5 aromatic carbocycles. The normalized spacial score (nSPS) is 17.4. The van der Waals surface area contributed by atoms with Crippen LogP contribution >= 0.6 is 0 Å². The van der Waals surface area contributed by atoms with Gasteiger partial charge in [-0.25, -0.2) is 4.79 Å². The van der Waals surface area contributed by atoms with Crippen LogP contribution in [0.2, 0.25) is 0 Å². The lowest BCUT2D eigenvalue weighted by molar-refractivity contribution is -0.116. The number of ketones is 1. The van der Waals surface area contributed by atoms with Crippen LogP contribution in [0.3, 0.4) is 0 Å². The molecule has 6 nitrogen and oxygen atoms in total. The van der Waals surface area contributed by atoms with Crippen molar-refractivity contribution in [1.82, 2.24) is 0 Å². The van der Waals surface area contributed by atoms with E-state index in [9.17, 15) is 14.4 Å². The number of fused-ring (bicyclic) bond motifs is 1. The minimum absolute atomic E-state index is 0.00713. The number of amides is 1. The molecule has 5 aromatic rings. The summed E-state index contributed by atoms with van der Waals surface area (Å²) in [4.78, 5) is 43.5. The SMILES string of the molecule is O=C1C[C@H](c2ccccc2)CC2=C1[C@@H](c1cccc(OC(=O)c3ccccc3)c1)N(C(=O)c1ccccc1)c1ccccc1N2. The number of hydrogen-bond acceptors (Lipinski definition) is 5. The molecule has 0 unspecified atom stereocenters. The fourth-order valence-electron chi connectivity index (χ4n) is 6.30. The number of esters is 1. The van der Waals surface area contributed by atoms with Gasteiger partial charge in [-0.3, -0.25) is 14.5 Å². The van der Waals surface area contributed by atoms with Gasteiger partial charge in [0.25, 0.3) is 5.91 Å². The van der Waals surface area contributed by atoms with E-state index in [4.69, 9.17) is 4.74 Å². The number of rotatable bonds is 5.